The van der Waals surface area contributed by atoms with Crippen molar-refractivity contribution in [3.05, 3.63) is 44.9 Å². The van der Waals surface area contributed by atoms with Gasteiger partial charge >= 0.3 is 0 Å². The van der Waals surface area contributed by atoms with Crippen molar-refractivity contribution in [2.45, 2.75) is 39.0 Å². The Morgan fingerprint density at radius 1 is 1.27 bits per heavy atom. The van der Waals surface area contributed by atoms with Crippen LogP contribution in [-0.2, 0) is 12.8 Å². The lowest BCUT2D eigenvalue weighted by molar-refractivity contribution is 0.0782. The van der Waals surface area contributed by atoms with Gasteiger partial charge in [-0.2, -0.15) is 0 Å². The average Bonchev–Trinajstić information content (AvgIpc) is 3.10. The highest BCUT2D eigenvalue weighted by molar-refractivity contribution is 5.94. The second-order valence-corrected chi connectivity index (χ2v) is 7.09. The van der Waals surface area contributed by atoms with Crippen molar-refractivity contribution in [1.29, 1.82) is 0 Å². The number of nitrogens with zero attached hydrogens (tertiary/aromatic N) is 1. The van der Waals surface area contributed by atoms with Crippen LogP contribution in [0, 0.1) is 11.8 Å². The van der Waals surface area contributed by atoms with Crippen LogP contribution in [-0.4, -0.2) is 28.9 Å². The summed E-state index contributed by atoms with van der Waals surface area (Å²) in [6.45, 7) is 3.76. The van der Waals surface area contributed by atoms with E-state index in [9.17, 15) is 9.59 Å². The monoisotopic (exact) mass is 298 g/mol. The Morgan fingerprint density at radius 3 is 2.95 bits per heavy atom. The van der Waals surface area contributed by atoms with E-state index in [0.29, 0.717) is 17.4 Å². The molecule has 1 aromatic rings. The lowest BCUT2D eigenvalue weighted by Crippen LogP contribution is -2.33. The molecule has 0 bridgehead atoms. The number of hydrogen-bond acceptors (Lipinski definition) is 2. The standard InChI is InChI=1S/C18H22N2O2/c1-11-5-6-13-9-20(10-14(13)7-11)18(22)15-8-12-3-2-4-16(12)19-17(15)21/h5,8,13-14H,2-4,6-7,9-10H2,1H3,(H,19,21)/t13-,14+/m1/s1. The number of aryl methyl sites for hydroxylation is 2. The van der Waals surface area contributed by atoms with Crippen molar-refractivity contribution >= 4 is 5.91 Å². The largest absolute Gasteiger partial charge is 0.338 e. The van der Waals surface area contributed by atoms with Crippen LogP contribution < -0.4 is 5.56 Å². The predicted molar refractivity (Wildman–Crippen MR) is 85.0 cm³/mol. The van der Waals surface area contributed by atoms with Crippen LogP contribution >= 0.6 is 0 Å². The van der Waals surface area contributed by atoms with Crippen molar-refractivity contribution < 1.29 is 4.79 Å². The molecule has 0 aromatic carbocycles. The van der Waals surface area contributed by atoms with Gasteiger partial charge in [0.1, 0.15) is 5.56 Å². The molecule has 0 saturated carbocycles. The smallest absolute Gasteiger partial charge is 0.261 e. The summed E-state index contributed by atoms with van der Waals surface area (Å²) in [7, 11) is 0. The van der Waals surface area contributed by atoms with E-state index in [1.165, 1.54) is 5.57 Å². The van der Waals surface area contributed by atoms with Crippen molar-refractivity contribution in [2.24, 2.45) is 11.8 Å². The first-order chi connectivity index (χ1) is 10.6. The molecule has 2 aliphatic carbocycles. The van der Waals surface area contributed by atoms with Crippen LogP contribution in [0.4, 0.5) is 0 Å². The number of carbonyl (C=O) groups excluding carboxylic acids is 1. The molecule has 0 unspecified atom stereocenters. The van der Waals surface area contributed by atoms with Crippen molar-refractivity contribution in [1.82, 2.24) is 9.88 Å². The second kappa shape index (κ2) is 5.11. The minimum Gasteiger partial charge on any atom is -0.338 e. The molecule has 2 atom stereocenters. The number of amides is 1. The molecular formula is C18H22N2O2. The van der Waals surface area contributed by atoms with Crippen LogP contribution in [0.5, 0.6) is 0 Å². The number of aromatic amines is 1. The molecule has 0 radical (unpaired) electrons. The van der Waals surface area contributed by atoms with Crippen LogP contribution in [0.2, 0.25) is 0 Å². The number of aromatic nitrogens is 1. The highest BCUT2D eigenvalue weighted by Crippen LogP contribution is 2.36. The van der Waals surface area contributed by atoms with Gasteiger partial charge in [0.25, 0.3) is 11.5 Å². The van der Waals surface area contributed by atoms with E-state index in [0.717, 1.165) is 56.5 Å². The molecule has 4 nitrogen and oxygen atoms in total. The lowest BCUT2D eigenvalue weighted by Gasteiger charge is -2.21. The number of nitrogens with one attached hydrogen (secondary N) is 1. The van der Waals surface area contributed by atoms with E-state index in [1.807, 2.05) is 11.0 Å². The number of fused-ring (bicyclic) bond motifs is 2. The first kappa shape index (κ1) is 13.8. The third-order valence-corrected chi connectivity index (χ3v) is 5.54. The summed E-state index contributed by atoms with van der Waals surface area (Å²) in [5, 5.41) is 0. The molecule has 1 saturated heterocycles. The molecule has 4 heteroatoms. The quantitative estimate of drug-likeness (QED) is 0.809. The number of pyridine rings is 1. The van der Waals surface area contributed by atoms with Crippen molar-refractivity contribution in [3.8, 4) is 0 Å². The highest BCUT2D eigenvalue weighted by Gasteiger charge is 2.37. The minimum atomic E-state index is -0.213. The van der Waals surface area contributed by atoms with E-state index < -0.39 is 0 Å². The van der Waals surface area contributed by atoms with Crippen molar-refractivity contribution in [3.63, 3.8) is 0 Å². The van der Waals surface area contributed by atoms with E-state index in [2.05, 4.69) is 18.0 Å². The Hall–Kier alpha value is -1.84. The molecular weight excluding hydrogens is 276 g/mol. The number of H-pyrrole nitrogens is 1. The molecule has 1 N–H and O–H groups in total. The maximum absolute atomic E-state index is 12.8. The van der Waals surface area contributed by atoms with Gasteiger partial charge in [0, 0.05) is 18.8 Å². The van der Waals surface area contributed by atoms with E-state index >= 15 is 0 Å². The van der Waals surface area contributed by atoms with Gasteiger partial charge in [-0.1, -0.05) is 11.6 Å². The Labute approximate surface area is 130 Å². The molecule has 0 spiro atoms. The average molecular weight is 298 g/mol. The molecule has 2 heterocycles. The van der Waals surface area contributed by atoms with Crippen LogP contribution in [0.3, 0.4) is 0 Å². The number of hydrogen-bond donors (Lipinski definition) is 1. The normalized spacial score (nSPS) is 26.6. The fourth-order valence-corrected chi connectivity index (χ4v) is 4.29. The first-order valence-corrected chi connectivity index (χ1v) is 8.32. The molecule has 1 aliphatic heterocycles. The molecule has 4 rings (SSSR count). The second-order valence-electron chi connectivity index (χ2n) is 7.09. The lowest BCUT2D eigenvalue weighted by atomic mass is 9.83. The van der Waals surface area contributed by atoms with E-state index in [-0.39, 0.29) is 11.5 Å². The van der Waals surface area contributed by atoms with Crippen LogP contribution in [0.1, 0.15) is 47.8 Å². The predicted octanol–water partition coefficient (Wildman–Crippen LogP) is 2.29. The summed E-state index contributed by atoms with van der Waals surface area (Å²) in [5.74, 6) is 1.06. The fraction of sp³-hybridized carbons (Fsp3) is 0.556. The third kappa shape index (κ3) is 2.21. The fourth-order valence-electron chi connectivity index (χ4n) is 4.29. The molecule has 116 valence electrons. The first-order valence-electron chi connectivity index (χ1n) is 8.32. The van der Waals surface area contributed by atoms with Gasteiger partial charge in [-0.15, -0.1) is 0 Å². The maximum atomic E-state index is 12.8. The molecule has 1 aromatic heterocycles. The third-order valence-electron chi connectivity index (χ3n) is 5.54. The topological polar surface area (TPSA) is 53.2 Å². The summed E-state index contributed by atoms with van der Waals surface area (Å²) < 4.78 is 0. The van der Waals surface area contributed by atoms with Gasteiger partial charge in [0.2, 0.25) is 0 Å². The van der Waals surface area contributed by atoms with Gasteiger partial charge in [-0.05, 0) is 62.5 Å². The summed E-state index contributed by atoms with van der Waals surface area (Å²) in [4.78, 5) is 29.8. The Morgan fingerprint density at radius 2 is 2.09 bits per heavy atom. The van der Waals surface area contributed by atoms with Gasteiger partial charge in [-0.3, -0.25) is 9.59 Å². The van der Waals surface area contributed by atoms with Gasteiger partial charge in [0.05, 0.1) is 0 Å². The number of allylic oxidation sites excluding steroid dienone is 2. The summed E-state index contributed by atoms with van der Waals surface area (Å²) in [6, 6.07) is 1.84. The summed E-state index contributed by atoms with van der Waals surface area (Å²) in [5.41, 5.74) is 3.73. The molecule has 1 amide bonds. The highest BCUT2D eigenvalue weighted by atomic mass is 16.2. The Balaban J connectivity index is 1.57. The number of carbonyl (C=O) groups is 1. The number of rotatable bonds is 1. The minimum absolute atomic E-state index is 0.0806. The molecule has 22 heavy (non-hydrogen) atoms. The summed E-state index contributed by atoms with van der Waals surface area (Å²) >= 11 is 0. The molecule has 3 aliphatic rings. The van der Waals surface area contributed by atoms with Gasteiger partial charge in [-0.25, -0.2) is 0 Å². The van der Waals surface area contributed by atoms with Crippen molar-refractivity contribution in [2.75, 3.05) is 13.1 Å². The van der Waals surface area contributed by atoms with Gasteiger partial charge in [0.15, 0.2) is 0 Å². The number of likely N-dealkylation sites (tertiary alicyclic amines) is 1. The Bertz CT molecular complexity index is 716. The van der Waals surface area contributed by atoms with Crippen LogP contribution in [0.25, 0.3) is 0 Å². The zero-order valence-electron chi connectivity index (χ0n) is 13.0. The maximum Gasteiger partial charge on any atom is 0.261 e. The summed E-state index contributed by atoms with van der Waals surface area (Å²) in [6.07, 6.45) is 7.44. The zero-order chi connectivity index (χ0) is 15.3. The molecule has 1 fully saturated rings. The SMILES string of the molecule is CC1=CC[C@@H]2CN(C(=O)c3cc4c([nH]c3=O)CCC4)C[C@@H]2C1. The van der Waals surface area contributed by atoms with Gasteiger partial charge < -0.3 is 9.88 Å². The van der Waals surface area contributed by atoms with Crippen LogP contribution in [0.15, 0.2) is 22.5 Å². The van der Waals surface area contributed by atoms with E-state index in [1.54, 1.807) is 0 Å². The zero-order valence-corrected chi connectivity index (χ0v) is 13.0. The van der Waals surface area contributed by atoms with E-state index in [4.69, 9.17) is 0 Å². The Kier molecular flexibility index (Phi) is 3.21.